The molecular formula is C13H19IO2. The van der Waals surface area contributed by atoms with Crippen LogP contribution in [0, 0.1) is 14.9 Å². The van der Waals surface area contributed by atoms with Crippen LogP contribution in [0.5, 0.6) is 0 Å². The molecule has 1 aromatic carbocycles. The number of benzene rings is 1. The molecule has 0 aromatic heterocycles. The zero-order valence-corrected chi connectivity index (χ0v) is 11.9. The van der Waals surface area contributed by atoms with E-state index in [1.807, 2.05) is 13.8 Å². The largest absolute Gasteiger partial charge is 0.396 e. The lowest BCUT2D eigenvalue weighted by atomic mass is 9.74. The lowest BCUT2D eigenvalue weighted by Gasteiger charge is -2.34. The molecule has 0 saturated heterocycles. The van der Waals surface area contributed by atoms with E-state index < -0.39 is 5.41 Å². The summed E-state index contributed by atoms with van der Waals surface area (Å²) in [5.74, 6) is 0.252. The predicted molar refractivity (Wildman–Crippen MR) is 74.3 cm³/mol. The van der Waals surface area contributed by atoms with Crippen LogP contribution in [0.15, 0.2) is 24.3 Å². The van der Waals surface area contributed by atoms with E-state index in [9.17, 15) is 10.2 Å². The molecule has 0 bridgehead atoms. The molecule has 0 aliphatic heterocycles. The van der Waals surface area contributed by atoms with Crippen LogP contribution in [0.25, 0.3) is 0 Å². The van der Waals surface area contributed by atoms with Crippen LogP contribution in [0.2, 0.25) is 0 Å². The summed E-state index contributed by atoms with van der Waals surface area (Å²) in [5.41, 5.74) is 0.754. The van der Waals surface area contributed by atoms with Gasteiger partial charge >= 0.3 is 0 Å². The number of halogens is 1. The zero-order chi connectivity index (χ0) is 12.2. The number of hydrogen-bond acceptors (Lipinski definition) is 2. The van der Waals surface area contributed by atoms with E-state index >= 15 is 0 Å². The van der Waals surface area contributed by atoms with E-state index in [0.29, 0.717) is 6.42 Å². The molecule has 16 heavy (non-hydrogen) atoms. The molecule has 0 fully saturated rings. The second-order valence-electron chi connectivity index (χ2n) is 4.64. The van der Waals surface area contributed by atoms with Gasteiger partial charge in [-0.05, 0) is 52.6 Å². The molecular weight excluding hydrogens is 315 g/mol. The Bertz CT molecular complexity index is 315. The molecule has 0 spiro atoms. The van der Waals surface area contributed by atoms with Crippen molar-refractivity contribution < 1.29 is 10.2 Å². The predicted octanol–water partition coefficient (Wildman–Crippen LogP) is 2.46. The Morgan fingerprint density at radius 1 is 1.12 bits per heavy atom. The number of aliphatic hydroxyl groups excluding tert-OH is 2. The normalized spacial score (nSPS) is 12.1. The Morgan fingerprint density at radius 2 is 1.62 bits per heavy atom. The van der Waals surface area contributed by atoms with Crippen LogP contribution in [-0.4, -0.2) is 23.4 Å². The average Bonchev–Trinajstić information content (AvgIpc) is 2.28. The van der Waals surface area contributed by atoms with Gasteiger partial charge in [-0.1, -0.05) is 26.0 Å². The first-order valence-corrected chi connectivity index (χ1v) is 6.58. The Kier molecular flexibility index (Phi) is 5.21. The second kappa shape index (κ2) is 5.98. The molecule has 2 N–H and O–H groups in total. The molecule has 0 heterocycles. The first kappa shape index (κ1) is 13.9. The topological polar surface area (TPSA) is 40.5 Å². The van der Waals surface area contributed by atoms with Gasteiger partial charge in [0.15, 0.2) is 0 Å². The van der Waals surface area contributed by atoms with E-state index in [1.54, 1.807) is 0 Å². The van der Waals surface area contributed by atoms with E-state index in [2.05, 4.69) is 46.9 Å². The molecule has 3 heteroatoms. The van der Waals surface area contributed by atoms with Gasteiger partial charge in [-0.25, -0.2) is 0 Å². The third-order valence-electron chi connectivity index (χ3n) is 3.32. The molecule has 0 aliphatic carbocycles. The van der Waals surface area contributed by atoms with Gasteiger partial charge in [-0.15, -0.1) is 0 Å². The SMILES string of the molecule is CC(C)C(CO)(CO)Cc1ccc(I)cc1. The van der Waals surface area contributed by atoms with Crippen LogP contribution in [-0.2, 0) is 6.42 Å². The summed E-state index contributed by atoms with van der Waals surface area (Å²) in [6.07, 6.45) is 0.717. The Morgan fingerprint density at radius 3 is 2.00 bits per heavy atom. The summed E-state index contributed by atoms with van der Waals surface area (Å²) in [6, 6.07) is 8.22. The highest BCUT2D eigenvalue weighted by molar-refractivity contribution is 14.1. The van der Waals surface area contributed by atoms with Gasteiger partial charge in [-0.3, -0.25) is 0 Å². The minimum Gasteiger partial charge on any atom is -0.396 e. The first-order valence-electron chi connectivity index (χ1n) is 5.50. The molecule has 0 unspecified atom stereocenters. The van der Waals surface area contributed by atoms with Crippen LogP contribution in [0.3, 0.4) is 0 Å². The smallest absolute Gasteiger partial charge is 0.0515 e. The fourth-order valence-electron chi connectivity index (χ4n) is 1.74. The second-order valence-corrected chi connectivity index (χ2v) is 5.88. The Hall–Kier alpha value is -0.130. The quantitative estimate of drug-likeness (QED) is 0.812. The van der Waals surface area contributed by atoms with E-state index in [-0.39, 0.29) is 19.1 Å². The molecule has 1 rings (SSSR count). The van der Waals surface area contributed by atoms with Crippen molar-refractivity contribution in [2.24, 2.45) is 11.3 Å². The summed E-state index contributed by atoms with van der Waals surface area (Å²) in [5, 5.41) is 19.0. The van der Waals surface area contributed by atoms with Gasteiger partial charge in [0.2, 0.25) is 0 Å². The van der Waals surface area contributed by atoms with Crippen LogP contribution in [0.4, 0.5) is 0 Å². The highest BCUT2D eigenvalue weighted by atomic mass is 127. The highest BCUT2D eigenvalue weighted by Gasteiger charge is 2.32. The molecule has 0 atom stereocenters. The maximum absolute atomic E-state index is 9.50. The lowest BCUT2D eigenvalue weighted by molar-refractivity contribution is 0.0163. The zero-order valence-electron chi connectivity index (χ0n) is 9.78. The minimum absolute atomic E-state index is 0.0210. The van der Waals surface area contributed by atoms with Gasteiger partial charge in [-0.2, -0.15) is 0 Å². The van der Waals surface area contributed by atoms with Crippen LogP contribution in [0.1, 0.15) is 19.4 Å². The average molecular weight is 334 g/mol. The van der Waals surface area contributed by atoms with E-state index in [0.717, 1.165) is 5.56 Å². The van der Waals surface area contributed by atoms with Gasteiger partial charge < -0.3 is 10.2 Å². The monoisotopic (exact) mass is 334 g/mol. The molecule has 90 valence electrons. The summed E-state index contributed by atoms with van der Waals surface area (Å²) >= 11 is 2.27. The number of rotatable bonds is 5. The van der Waals surface area contributed by atoms with Gasteiger partial charge in [0.25, 0.3) is 0 Å². The van der Waals surface area contributed by atoms with Crippen molar-refractivity contribution in [2.45, 2.75) is 20.3 Å². The Labute approximate surface area is 111 Å². The standard InChI is InChI=1S/C13H19IO2/c1-10(2)13(8-15,9-16)7-11-3-5-12(14)6-4-11/h3-6,10,15-16H,7-9H2,1-2H3. The fraction of sp³-hybridized carbons (Fsp3) is 0.538. The van der Waals surface area contributed by atoms with Crippen molar-refractivity contribution in [1.82, 2.24) is 0 Å². The van der Waals surface area contributed by atoms with E-state index in [1.165, 1.54) is 3.57 Å². The first-order chi connectivity index (χ1) is 7.54. The lowest BCUT2D eigenvalue weighted by Crippen LogP contribution is -2.37. The molecule has 0 radical (unpaired) electrons. The van der Waals surface area contributed by atoms with Crippen molar-refractivity contribution in [3.05, 3.63) is 33.4 Å². The minimum atomic E-state index is -0.410. The van der Waals surface area contributed by atoms with Crippen molar-refractivity contribution in [3.8, 4) is 0 Å². The van der Waals surface area contributed by atoms with Crippen molar-refractivity contribution in [2.75, 3.05) is 13.2 Å². The summed E-state index contributed by atoms with van der Waals surface area (Å²) in [6.45, 7) is 4.12. The van der Waals surface area contributed by atoms with Crippen LogP contribution < -0.4 is 0 Å². The van der Waals surface area contributed by atoms with Crippen molar-refractivity contribution >= 4 is 22.6 Å². The van der Waals surface area contributed by atoms with Gasteiger partial charge in [0, 0.05) is 8.99 Å². The van der Waals surface area contributed by atoms with Gasteiger partial charge in [0.05, 0.1) is 13.2 Å². The third-order valence-corrected chi connectivity index (χ3v) is 4.04. The van der Waals surface area contributed by atoms with E-state index in [4.69, 9.17) is 0 Å². The van der Waals surface area contributed by atoms with Crippen molar-refractivity contribution in [1.29, 1.82) is 0 Å². The Balaban J connectivity index is 2.87. The maximum atomic E-state index is 9.50. The molecule has 0 saturated carbocycles. The molecule has 1 aromatic rings. The number of aliphatic hydroxyl groups is 2. The molecule has 0 aliphatic rings. The maximum Gasteiger partial charge on any atom is 0.0515 e. The fourth-order valence-corrected chi connectivity index (χ4v) is 2.10. The highest BCUT2D eigenvalue weighted by Crippen LogP contribution is 2.31. The number of hydrogen-bond donors (Lipinski definition) is 2. The van der Waals surface area contributed by atoms with Crippen molar-refractivity contribution in [3.63, 3.8) is 0 Å². The summed E-state index contributed by atoms with van der Waals surface area (Å²) in [7, 11) is 0. The van der Waals surface area contributed by atoms with Gasteiger partial charge in [0.1, 0.15) is 0 Å². The molecule has 2 nitrogen and oxygen atoms in total. The third kappa shape index (κ3) is 3.18. The molecule has 0 amide bonds. The summed E-state index contributed by atoms with van der Waals surface area (Å²) < 4.78 is 1.20. The van der Waals surface area contributed by atoms with Crippen LogP contribution >= 0.6 is 22.6 Å². The summed E-state index contributed by atoms with van der Waals surface area (Å²) in [4.78, 5) is 0.